The molecule has 2 saturated heterocycles. The van der Waals surface area contributed by atoms with Crippen LogP contribution in [0, 0.1) is 0 Å². The molecule has 1 atom stereocenters. The summed E-state index contributed by atoms with van der Waals surface area (Å²) in [6.07, 6.45) is 4.29. The van der Waals surface area contributed by atoms with Crippen LogP contribution in [0.3, 0.4) is 0 Å². The van der Waals surface area contributed by atoms with Crippen molar-refractivity contribution in [3.63, 3.8) is 0 Å². The Bertz CT molecular complexity index is 475. The zero-order chi connectivity index (χ0) is 15.9. The van der Waals surface area contributed by atoms with Gasteiger partial charge in [-0.25, -0.2) is 4.79 Å². The van der Waals surface area contributed by atoms with E-state index in [0.717, 1.165) is 58.7 Å². The van der Waals surface area contributed by atoms with E-state index in [9.17, 15) is 4.79 Å². The van der Waals surface area contributed by atoms with Crippen LogP contribution in [0.2, 0.25) is 0 Å². The number of likely N-dealkylation sites (tertiary alicyclic amines) is 1. The zero-order valence-corrected chi connectivity index (χ0v) is 13.4. The van der Waals surface area contributed by atoms with Crippen molar-refractivity contribution in [3.8, 4) is 0 Å². The van der Waals surface area contributed by atoms with Crippen LogP contribution in [0.15, 0.2) is 10.9 Å². The lowest BCUT2D eigenvalue weighted by molar-refractivity contribution is 0.0375. The fraction of sp³-hybridized carbons (Fsp3) is 0.800. The summed E-state index contributed by atoms with van der Waals surface area (Å²) in [5, 5.41) is 6.92. The highest BCUT2D eigenvalue weighted by Crippen LogP contribution is 2.24. The fourth-order valence-corrected chi connectivity index (χ4v) is 3.17. The number of carbonyl (C=O) groups excluding carboxylic acids is 1. The highest BCUT2D eigenvalue weighted by molar-refractivity contribution is 5.74. The monoisotopic (exact) mass is 323 g/mol. The Labute approximate surface area is 136 Å². The van der Waals surface area contributed by atoms with E-state index in [2.05, 4.69) is 20.4 Å². The van der Waals surface area contributed by atoms with Gasteiger partial charge in [-0.15, -0.1) is 0 Å². The maximum absolute atomic E-state index is 12.3. The van der Waals surface area contributed by atoms with E-state index in [1.165, 1.54) is 6.39 Å². The maximum Gasteiger partial charge on any atom is 0.317 e. The van der Waals surface area contributed by atoms with Crippen LogP contribution in [0.25, 0.3) is 0 Å². The second kappa shape index (κ2) is 8.26. The molecular weight excluding hydrogens is 298 g/mol. The summed E-state index contributed by atoms with van der Waals surface area (Å²) in [6, 6.07) is 0.0140. The molecule has 23 heavy (non-hydrogen) atoms. The molecule has 1 unspecified atom stereocenters. The summed E-state index contributed by atoms with van der Waals surface area (Å²) in [7, 11) is 0. The molecule has 2 aliphatic heterocycles. The van der Waals surface area contributed by atoms with Crippen LogP contribution in [0.4, 0.5) is 4.79 Å². The Hall–Kier alpha value is -1.67. The van der Waals surface area contributed by atoms with Crippen LogP contribution in [-0.4, -0.2) is 78.5 Å². The Morgan fingerprint density at radius 2 is 2.22 bits per heavy atom. The van der Waals surface area contributed by atoms with Crippen molar-refractivity contribution in [1.29, 1.82) is 0 Å². The van der Waals surface area contributed by atoms with Gasteiger partial charge >= 0.3 is 6.03 Å². The van der Waals surface area contributed by atoms with Gasteiger partial charge in [0.15, 0.2) is 5.82 Å². The van der Waals surface area contributed by atoms with Gasteiger partial charge in [-0.3, -0.25) is 4.90 Å². The first-order valence-corrected chi connectivity index (χ1v) is 8.42. The lowest BCUT2D eigenvalue weighted by Gasteiger charge is -2.31. The zero-order valence-electron chi connectivity index (χ0n) is 13.4. The number of ether oxygens (including phenoxy) is 1. The van der Waals surface area contributed by atoms with E-state index in [1.807, 2.05) is 4.90 Å². The number of hydrogen-bond acceptors (Lipinski definition) is 6. The van der Waals surface area contributed by atoms with Gasteiger partial charge in [-0.05, 0) is 25.8 Å². The highest BCUT2D eigenvalue weighted by atomic mass is 16.5. The third-order valence-corrected chi connectivity index (χ3v) is 4.48. The number of hydrogen-bond donors (Lipinski definition) is 1. The largest absolute Gasteiger partial charge is 0.379 e. The molecule has 1 aromatic heterocycles. The number of aromatic nitrogens is 2. The van der Waals surface area contributed by atoms with Crippen molar-refractivity contribution in [2.24, 2.45) is 0 Å². The smallest absolute Gasteiger partial charge is 0.317 e. The first-order valence-electron chi connectivity index (χ1n) is 8.42. The molecule has 3 rings (SSSR count). The molecule has 1 aromatic rings. The van der Waals surface area contributed by atoms with Gasteiger partial charge < -0.3 is 19.5 Å². The lowest BCUT2D eigenvalue weighted by Crippen LogP contribution is -2.46. The van der Waals surface area contributed by atoms with E-state index in [4.69, 9.17) is 9.26 Å². The Balaban J connectivity index is 1.36. The fourth-order valence-electron chi connectivity index (χ4n) is 3.17. The maximum atomic E-state index is 12.3. The Morgan fingerprint density at radius 3 is 3.00 bits per heavy atom. The first-order chi connectivity index (χ1) is 11.3. The Morgan fingerprint density at radius 1 is 1.35 bits per heavy atom. The molecule has 128 valence electrons. The topological polar surface area (TPSA) is 83.7 Å². The van der Waals surface area contributed by atoms with Gasteiger partial charge in [-0.1, -0.05) is 5.16 Å². The average Bonchev–Trinajstić information content (AvgIpc) is 3.14. The predicted octanol–water partition coefficient (Wildman–Crippen LogP) is 0.681. The second-order valence-corrected chi connectivity index (χ2v) is 6.11. The van der Waals surface area contributed by atoms with Crippen molar-refractivity contribution in [2.75, 3.05) is 52.5 Å². The van der Waals surface area contributed by atoms with Gasteiger partial charge in [0.25, 0.3) is 0 Å². The SMILES string of the molecule is O=C(NCCCN1CCOCC1)N1CCCC(c2ncon2)C1. The number of nitrogens with zero attached hydrogens (tertiary/aromatic N) is 4. The minimum atomic E-state index is 0.0140. The van der Waals surface area contributed by atoms with Crippen molar-refractivity contribution in [2.45, 2.75) is 25.2 Å². The number of carbonyl (C=O) groups is 1. The van der Waals surface area contributed by atoms with E-state index < -0.39 is 0 Å². The minimum absolute atomic E-state index is 0.0140. The molecule has 0 bridgehead atoms. The standard InChI is InChI=1S/C15H25N5O3/c21-15(16-4-2-5-19-7-9-22-10-8-19)20-6-1-3-13(11-20)14-17-12-23-18-14/h12-13H,1-11H2,(H,16,21). The second-order valence-electron chi connectivity index (χ2n) is 6.11. The molecule has 0 aromatic carbocycles. The molecule has 0 radical (unpaired) electrons. The number of urea groups is 1. The number of morpholine rings is 1. The van der Waals surface area contributed by atoms with Gasteiger partial charge in [0.2, 0.25) is 6.39 Å². The van der Waals surface area contributed by atoms with Crippen LogP contribution in [0.5, 0.6) is 0 Å². The van der Waals surface area contributed by atoms with Crippen LogP contribution < -0.4 is 5.32 Å². The molecule has 8 nitrogen and oxygen atoms in total. The molecular formula is C15H25N5O3. The summed E-state index contributed by atoms with van der Waals surface area (Å²) in [5.41, 5.74) is 0. The molecule has 2 aliphatic rings. The summed E-state index contributed by atoms with van der Waals surface area (Å²) < 4.78 is 10.1. The first kappa shape index (κ1) is 16.2. The number of nitrogens with one attached hydrogen (secondary N) is 1. The average molecular weight is 323 g/mol. The number of amides is 2. The quantitative estimate of drug-likeness (QED) is 0.802. The van der Waals surface area contributed by atoms with E-state index in [-0.39, 0.29) is 11.9 Å². The predicted molar refractivity (Wildman–Crippen MR) is 83.1 cm³/mol. The molecule has 2 fully saturated rings. The summed E-state index contributed by atoms with van der Waals surface area (Å²) in [4.78, 5) is 20.6. The summed E-state index contributed by atoms with van der Waals surface area (Å²) >= 11 is 0. The minimum Gasteiger partial charge on any atom is -0.379 e. The summed E-state index contributed by atoms with van der Waals surface area (Å²) in [6.45, 7) is 6.79. The molecule has 0 aliphatic carbocycles. The lowest BCUT2D eigenvalue weighted by atomic mass is 9.98. The summed E-state index contributed by atoms with van der Waals surface area (Å²) in [5.74, 6) is 0.886. The van der Waals surface area contributed by atoms with Crippen LogP contribution in [0.1, 0.15) is 31.0 Å². The normalized spacial score (nSPS) is 23.0. The Kier molecular flexibility index (Phi) is 5.82. The molecule has 8 heteroatoms. The van der Waals surface area contributed by atoms with E-state index >= 15 is 0 Å². The number of piperidine rings is 1. The van der Waals surface area contributed by atoms with Gasteiger partial charge in [-0.2, -0.15) is 4.98 Å². The van der Waals surface area contributed by atoms with Gasteiger partial charge in [0, 0.05) is 38.6 Å². The van der Waals surface area contributed by atoms with Crippen molar-refractivity contribution >= 4 is 6.03 Å². The molecule has 0 saturated carbocycles. The number of rotatable bonds is 5. The van der Waals surface area contributed by atoms with Gasteiger partial charge in [0.05, 0.1) is 13.2 Å². The molecule has 3 heterocycles. The van der Waals surface area contributed by atoms with E-state index in [0.29, 0.717) is 18.9 Å². The third kappa shape index (κ3) is 4.65. The van der Waals surface area contributed by atoms with Crippen molar-refractivity contribution in [3.05, 3.63) is 12.2 Å². The van der Waals surface area contributed by atoms with Crippen LogP contribution >= 0.6 is 0 Å². The van der Waals surface area contributed by atoms with Crippen LogP contribution in [-0.2, 0) is 4.74 Å². The highest BCUT2D eigenvalue weighted by Gasteiger charge is 2.27. The molecule has 0 spiro atoms. The molecule has 2 amide bonds. The van der Waals surface area contributed by atoms with E-state index in [1.54, 1.807) is 0 Å². The van der Waals surface area contributed by atoms with Gasteiger partial charge in [0.1, 0.15) is 0 Å². The molecule has 1 N–H and O–H groups in total. The third-order valence-electron chi connectivity index (χ3n) is 4.48. The van der Waals surface area contributed by atoms with Crippen molar-refractivity contribution in [1.82, 2.24) is 25.3 Å². The van der Waals surface area contributed by atoms with Crippen molar-refractivity contribution < 1.29 is 14.1 Å².